The van der Waals surface area contributed by atoms with Gasteiger partial charge < -0.3 is 20.6 Å². The molecule has 0 aromatic carbocycles. The van der Waals surface area contributed by atoms with Crippen LogP contribution in [0, 0.1) is 5.41 Å². The maximum atomic E-state index is 12.3. The Balaban J connectivity index is 5.00. The van der Waals surface area contributed by atoms with E-state index in [1.54, 1.807) is 19.1 Å². The van der Waals surface area contributed by atoms with Crippen LogP contribution in [0.25, 0.3) is 0 Å². The normalized spacial score (nSPS) is 12.6. The molecule has 0 aliphatic heterocycles. The molecule has 3 N–H and O–H groups in total. The molecule has 6 nitrogen and oxygen atoms in total. The third-order valence-corrected chi connectivity index (χ3v) is 3.19. The first-order chi connectivity index (χ1) is 7.99. The fourth-order valence-electron chi connectivity index (χ4n) is 1.82. The number of amides is 1. The average Bonchev–Trinajstić information content (AvgIpc) is 2.37. The van der Waals surface area contributed by atoms with E-state index in [0.29, 0.717) is 26.0 Å². The zero-order chi connectivity index (χ0) is 13.5. The molecule has 6 heteroatoms. The monoisotopic (exact) mass is 245 g/mol. The molecule has 0 aromatic heterocycles. The molecule has 0 aliphatic rings. The van der Waals surface area contributed by atoms with E-state index in [0.717, 1.165) is 0 Å². The minimum atomic E-state index is -0.919. The fraction of sp³-hybridized carbons (Fsp3) is 0.818. The lowest BCUT2D eigenvalue weighted by molar-refractivity contribution is -0.138. The van der Waals surface area contributed by atoms with Crippen LogP contribution in [0.5, 0.6) is 0 Å². The van der Waals surface area contributed by atoms with Gasteiger partial charge in [0, 0.05) is 20.7 Å². The van der Waals surface area contributed by atoms with E-state index in [1.165, 1.54) is 0 Å². The average molecular weight is 245 g/mol. The van der Waals surface area contributed by atoms with Gasteiger partial charge in [-0.3, -0.25) is 4.79 Å². The van der Waals surface area contributed by atoms with Crippen LogP contribution >= 0.6 is 0 Å². The summed E-state index contributed by atoms with van der Waals surface area (Å²) < 4.78 is 4.92. The SMILES string of the molecule is CCC(CC)(C(=O)N(C)CCOC)C(N)=NO. The number of nitrogens with two attached hydrogens (primary N) is 1. The first kappa shape index (κ1) is 15.7. The summed E-state index contributed by atoms with van der Waals surface area (Å²) in [7, 11) is 3.26. The van der Waals surface area contributed by atoms with Crippen LogP contribution in [-0.4, -0.2) is 49.2 Å². The summed E-state index contributed by atoms with van der Waals surface area (Å²) in [6.07, 6.45) is 0.991. The van der Waals surface area contributed by atoms with Crippen molar-refractivity contribution in [2.75, 3.05) is 27.3 Å². The second kappa shape index (κ2) is 7.11. The number of hydrogen-bond acceptors (Lipinski definition) is 4. The number of nitrogens with zero attached hydrogens (tertiary/aromatic N) is 2. The van der Waals surface area contributed by atoms with Gasteiger partial charge in [-0.2, -0.15) is 0 Å². The van der Waals surface area contributed by atoms with E-state index in [-0.39, 0.29) is 11.7 Å². The van der Waals surface area contributed by atoms with Crippen molar-refractivity contribution in [3.63, 3.8) is 0 Å². The maximum Gasteiger partial charge on any atom is 0.236 e. The Morgan fingerprint density at radius 1 is 1.47 bits per heavy atom. The number of likely N-dealkylation sites (N-methyl/N-ethyl adjacent to an activating group) is 1. The second-order valence-corrected chi connectivity index (χ2v) is 3.99. The lowest BCUT2D eigenvalue weighted by atomic mass is 9.79. The van der Waals surface area contributed by atoms with E-state index in [1.807, 2.05) is 13.8 Å². The fourth-order valence-corrected chi connectivity index (χ4v) is 1.82. The topological polar surface area (TPSA) is 88.2 Å². The largest absolute Gasteiger partial charge is 0.409 e. The molecule has 17 heavy (non-hydrogen) atoms. The van der Waals surface area contributed by atoms with E-state index < -0.39 is 5.41 Å². The summed E-state index contributed by atoms with van der Waals surface area (Å²) in [5, 5.41) is 11.8. The van der Waals surface area contributed by atoms with Crippen LogP contribution in [0.2, 0.25) is 0 Å². The molecule has 0 radical (unpaired) electrons. The Hall–Kier alpha value is -1.30. The van der Waals surface area contributed by atoms with Gasteiger partial charge in [0.1, 0.15) is 5.41 Å². The van der Waals surface area contributed by atoms with Gasteiger partial charge in [0.05, 0.1) is 6.61 Å². The zero-order valence-corrected chi connectivity index (χ0v) is 11.1. The highest BCUT2D eigenvalue weighted by Crippen LogP contribution is 2.29. The number of rotatable bonds is 7. The second-order valence-electron chi connectivity index (χ2n) is 3.99. The summed E-state index contributed by atoms with van der Waals surface area (Å²) in [5.74, 6) is -0.174. The van der Waals surface area contributed by atoms with Crippen molar-refractivity contribution in [1.82, 2.24) is 4.90 Å². The van der Waals surface area contributed by atoms with Gasteiger partial charge >= 0.3 is 0 Å². The quantitative estimate of drug-likeness (QED) is 0.298. The van der Waals surface area contributed by atoms with Gasteiger partial charge in [-0.1, -0.05) is 19.0 Å². The number of hydrogen-bond donors (Lipinski definition) is 2. The van der Waals surface area contributed by atoms with Crippen LogP contribution in [0.4, 0.5) is 0 Å². The first-order valence-electron chi connectivity index (χ1n) is 5.72. The first-order valence-corrected chi connectivity index (χ1v) is 5.72. The third-order valence-electron chi connectivity index (χ3n) is 3.19. The standard InChI is InChI=1S/C11H23N3O3/c1-5-11(6-2,9(12)13-16)10(15)14(3)7-8-17-4/h16H,5-8H2,1-4H3,(H2,12,13). The molecule has 0 saturated heterocycles. The summed E-state index contributed by atoms with van der Waals surface area (Å²) >= 11 is 0. The van der Waals surface area contributed by atoms with Gasteiger partial charge in [0.15, 0.2) is 5.84 Å². The van der Waals surface area contributed by atoms with Crippen LogP contribution in [-0.2, 0) is 9.53 Å². The van der Waals surface area contributed by atoms with Crippen molar-refractivity contribution >= 4 is 11.7 Å². The van der Waals surface area contributed by atoms with Crippen LogP contribution < -0.4 is 5.73 Å². The van der Waals surface area contributed by atoms with Gasteiger partial charge in [-0.05, 0) is 12.8 Å². The number of amidine groups is 1. The number of oxime groups is 1. The number of methoxy groups -OCH3 is 1. The smallest absolute Gasteiger partial charge is 0.236 e. The Kier molecular flexibility index (Phi) is 6.57. The van der Waals surface area contributed by atoms with Crippen LogP contribution in [0.15, 0.2) is 5.16 Å². The summed E-state index contributed by atoms with van der Waals surface area (Å²) in [4.78, 5) is 13.9. The van der Waals surface area contributed by atoms with Gasteiger partial charge in [0.2, 0.25) is 5.91 Å². The minimum absolute atomic E-state index is 0.0308. The molecule has 0 heterocycles. The van der Waals surface area contributed by atoms with E-state index in [4.69, 9.17) is 15.7 Å². The third kappa shape index (κ3) is 3.33. The Labute approximate surface area is 102 Å². The molecule has 0 unspecified atom stereocenters. The Morgan fingerprint density at radius 2 is 2.00 bits per heavy atom. The molecular weight excluding hydrogens is 222 g/mol. The van der Waals surface area contributed by atoms with Crippen LogP contribution in [0.1, 0.15) is 26.7 Å². The van der Waals surface area contributed by atoms with Crippen LogP contribution in [0.3, 0.4) is 0 Å². The lowest BCUT2D eigenvalue weighted by Crippen LogP contribution is -2.50. The predicted octanol–water partition coefficient (Wildman–Crippen LogP) is 0.644. The molecular formula is C11H23N3O3. The van der Waals surface area contributed by atoms with Gasteiger partial charge in [-0.25, -0.2) is 0 Å². The molecule has 0 saturated carbocycles. The molecule has 0 rings (SSSR count). The zero-order valence-electron chi connectivity index (χ0n) is 11.1. The molecule has 0 bridgehead atoms. The summed E-state index contributed by atoms with van der Waals surface area (Å²) in [6.45, 7) is 4.64. The van der Waals surface area contributed by atoms with E-state index >= 15 is 0 Å². The summed E-state index contributed by atoms with van der Waals surface area (Å²) in [5.41, 5.74) is 4.74. The van der Waals surface area contributed by atoms with Crippen molar-refractivity contribution in [3.05, 3.63) is 0 Å². The number of ether oxygens (including phenoxy) is 1. The Morgan fingerprint density at radius 3 is 2.35 bits per heavy atom. The minimum Gasteiger partial charge on any atom is -0.409 e. The maximum absolute atomic E-state index is 12.3. The van der Waals surface area contributed by atoms with Crippen molar-refractivity contribution in [2.45, 2.75) is 26.7 Å². The van der Waals surface area contributed by atoms with Crippen molar-refractivity contribution in [1.29, 1.82) is 0 Å². The van der Waals surface area contributed by atoms with Crippen molar-refractivity contribution in [2.24, 2.45) is 16.3 Å². The summed E-state index contributed by atoms with van der Waals surface area (Å²) in [6, 6.07) is 0. The number of carbonyl (C=O) groups excluding carboxylic acids is 1. The molecule has 0 atom stereocenters. The van der Waals surface area contributed by atoms with Crippen molar-refractivity contribution in [3.8, 4) is 0 Å². The molecule has 100 valence electrons. The molecule has 0 fully saturated rings. The van der Waals surface area contributed by atoms with E-state index in [9.17, 15) is 4.79 Å². The van der Waals surface area contributed by atoms with Gasteiger partial charge in [0.25, 0.3) is 0 Å². The molecule has 0 aromatic rings. The lowest BCUT2D eigenvalue weighted by Gasteiger charge is -2.33. The van der Waals surface area contributed by atoms with Gasteiger partial charge in [-0.15, -0.1) is 0 Å². The molecule has 1 amide bonds. The van der Waals surface area contributed by atoms with Crippen molar-refractivity contribution < 1.29 is 14.7 Å². The molecule has 0 spiro atoms. The van der Waals surface area contributed by atoms with E-state index in [2.05, 4.69) is 5.16 Å². The Bertz CT molecular complexity index is 275. The highest BCUT2D eigenvalue weighted by Gasteiger charge is 2.41. The highest BCUT2D eigenvalue weighted by molar-refractivity contribution is 6.06. The highest BCUT2D eigenvalue weighted by atomic mass is 16.5. The molecule has 0 aliphatic carbocycles. The number of carbonyl (C=O) groups is 1. The predicted molar refractivity (Wildman–Crippen MR) is 65.9 cm³/mol.